The van der Waals surface area contributed by atoms with Crippen LogP contribution in [0, 0.1) is 11.8 Å². The van der Waals surface area contributed by atoms with Gasteiger partial charge in [0.2, 0.25) is 0 Å². The first kappa shape index (κ1) is 13.8. The first-order valence-corrected chi connectivity index (χ1v) is 7.04. The molecule has 0 aromatic heterocycles. The SMILES string of the molecule is CCCC1OC(C(C)C)C(/C=C\C(C)=O)C2OC12. The van der Waals surface area contributed by atoms with E-state index in [9.17, 15) is 4.79 Å². The van der Waals surface area contributed by atoms with Crippen LogP contribution in [0.2, 0.25) is 0 Å². The van der Waals surface area contributed by atoms with E-state index >= 15 is 0 Å². The van der Waals surface area contributed by atoms with Gasteiger partial charge in [-0.2, -0.15) is 0 Å². The molecular formula is C15H24O3. The van der Waals surface area contributed by atoms with E-state index in [1.165, 1.54) is 0 Å². The Hall–Kier alpha value is -0.670. The van der Waals surface area contributed by atoms with Gasteiger partial charge in [-0.1, -0.05) is 33.3 Å². The third kappa shape index (κ3) is 2.83. The number of allylic oxidation sites excluding steroid dienone is 1. The molecule has 2 aliphatic rings. The molecule has 0 aromatic rings. The fourth-order valence-electron chi connectivity index (χ4n) is 2.89. The Labute approximate surface area is 110 Å². The Morgan fingerprint density at radius 3 is 2.56 bits per heavy atom. The predicted octanol–water partition coefficient (Wildman–Crippen LogP) is 2.74. The number of epoxide rings is 1. The molecule has 0 saturated carbocycles. The first-order valence-electron chi connectivity index (χ1n) is 7.04. The van der Waals surface area contributed by atoms with Crippen molar-refractivity contribution in [3.8, 4) is 0 Å². The molecule has 5 unspecified atom stereocenters. The van der Waals surface area contributed by atoms with Crippen LogP contribution in [0.15, 0.2) is 12.2 Å². The number of rotatable bonds is 5. The minimum Gasteiger partial charge on any atom is -0.371 e. The van der Waals surface area contributed by atoms with Gasteiger partial charge in [-0.3, -0.25) is 4.79 Å². The molecule has 0 aromatic carbocycles. The highest BCUT2D eigenvalue weighted by molar-refractivity contribution is 5.87. The highest BCUT2D eigenvalue weighted by Crippen LogP contribution is 2.45. The molecule has 2 heterocycles. The van der Waals surface area contributed by atoms with Crippen LogP contribution in [-0.2, 0) is 14.3 Å². The Morgan fingerprint density at radius 1 is 1.28 bits per heavy atom. The second-order valence-electron chi connectivity index (χ2n) is 5.78. The minimum atomic E-state index is 0.0883. The molecule has 0 aliphatic carbocycles. The molecule has 0 spiro atoms. The standard InChI is InChI=1S/C15H24O3/c1-5-6-12-15-14(18-15)11(8-7-10(4)16)13(17-12)9(2)3/h7-9,11-15H,5-6H2,1-4H3/b8-7-. The van der Waals surface area contributed by atoms with Crippen LogP contribution in [0.1, 0.15) is 40.5 Å². The second-order valence-corrected chi connectivity index (χ2v) is 5.78. The maximum absolute atomic E-state index is 11.1. The van der Waals surface area contributed by atoms with Crippen molar-refractivity contribution in [2.45, 2.75) is 65.0 Å². The predicted molar refractivity (Wildman–Crippen MR) is 70.4 cm³/mol. The van der Waals surface area contributed by atoms with E-state index in [4.69, 9.17) is 9.47 Å². The number of carbonyl (C=O) groups excluding carboxylic acids is 1. The van der Waals surface area contributed by atoms with E-state index in [0.29, 0.717) is 5.92 Å². The van der Waals surface area contributed by atoms with Crippen molar-refractivity contribution in [1.29, 1.82) is 0 Å². The normalized spacial score (nSPS) is 39.1. The van der Waals surface area contributed by atoms with E-state index < -0.39 is 0 Å². The summed E-state index contributed by atoms with van der Waals surface area (Å²) in [5.41, 5.74) is 0. The maximum Gasteiger partial charge on any atom is 0.152 e. The molecule has 102 valence electrons. The zero-order chi connectivity index (χ0) is 13.3. The lowest BCUT2D eigenvalue weighted by molar-refractivity contribution is -0.112. The monoisotopic (exact) mass is 252 g/mol. The summed E-state index contributed by atoms with van der Waals surface area (Å²) in [6.45, 7) is 8.10. The van der Waals surface area contributed by atoms with Crippen LogP contribution in [0.4, 0.5) is 0 Å². The molecule has 2 aliphatic heterocycles. The van der Waals surface area contributed by atoms with Gasteiger partial charge in [0.1, 0.15) is 6.10 Å². The maximum atomic E-state index is 11.1. The van der Waals surface area contributed by atoms with Gasteiger partial charge in [0.15, 0.2) is 5.78 Å². The van der Waals surface area contributed by atoms with Crippen molar-refractivity contribution in [3.05, 3.63) is 12.2 Å². The largest absolute Gasteiger partial charge is 0.371 e. The summed E-state index contributed by atoms with van der Waals surface area (Å²) in [7, 11) is 0. The van der Waals surface area contributed by atoms with Crippen LogP contribution in [0.3, 0.4) is 0 Å². The Morgan fingerprint density at radius 2 is 2.00 bits per heavy atom. The summed E-state index contributed by atoms with van der Waals surface area (Å²) in [4.78, 5) is 11.1. The molecule has 2 fully saturated rings. The molecule has 2 saturated heterocycles. The Kier molecular flexibility index (Phi) is 4.23. The van der Waals surface area contributed by atoms with Crippen LogP contribution >= 0.6 is 0 Å². The zero-order valence-corrected chi connectivity index (χ0v) is 11.8. The number of hydrogen-bond acceptors (Lipinski definition) is 3. The van der Waals surface area contributed by atoms with E-state index in [1.54, 1.807) is 13.0 Å². The van der Waals surface area contributed by atoms with E-state index in [-0.39, 0.29) is 36.1 Å². The zero-order valence-electron chi connectivity index (χ0n) is 11.8. The van der Waals surface area contributed by atoms with Gasteiger partial charge in [-0.15, -0.1) is 0 Å². The highest BCUT2D eigenvalue weighted by atomic mass is 16.6. The second kappa shape index (κ2) is 5.54. The molecule has 0 amide bonds. The minimum absolute atomic E-state index is 0.0883. The fourth-order valence-corrected chi connectivity index (χ4v) is 2.89. The topological polar surface area (TPSA) is 38.8 Å². The summed E-state index contributed by atoms with van der Waals surface area (Å²) in [6.07, 6.45) is 6.75. The van der Waals surface area contributed by atoms with Crippen LogP contribution in [0.25, 0.3) is 0 Å². The lowest BCUT2D eigenvalue weighted by Gasteiger charge is -2.35. The molecule has 2 rings (SSSR count). The highest BCUT2D eigenvalue weighted by Gasteiger charge is 2.56. The van der Waals surface area contributed by atoms with E-state index in [1.807, 2.05) is 6.08 Å². The van der Waals surface area contributed by atoms with Crippen LogP contribution in [0.5, 0.6) is 0 Å². The molecule has 3 heteroatoms. The summed E-state index contributed by atoms with van der Waals surface area (Å²) in [5, 5.41) is 0. The number of fused-ring (bicyclic) bond motifs is 1. The van der Waals surface area contributed by atoms with Crippen LogP contribution in [-0.4, -0.2) is 30.2 Å². The summed E-state index contributed by atoms with van der Waals surface area (Å²) >= 11 is 0. The van der Waals surface area contributed by atoms with Gasteiger partial charge in [-0.25, -0.2) is 0 Å². The summed E-state index contributed by atoms with van der Waals surface area (Å²) in [5.74, 6) is 0.758. The third-order valence-corrected chi connectivity index (χ3v) is 3.80. The number of carbonyl (C=O) groups is 1. The fraction of sp³-hybridized carbons (Fsp3) is 0.800. The smallest absolute Gasteiger partial charge is 0.152 e. The molecule has 0 bridgehead atoms. The van der Waals surface area contributed by atoms with Gasteiger partial charge in [-0.05, 0) is 25.3 Å². The van der Waals surface area contributed by atoms with Gasteiger partial charge in [0.25, 0.3) is 0 Å². The van der Waals surface area contributed by atoms with E-state index in [2.05, 4.69) is 20.8 Å². The van der Waals surface area contributed by atoms with Crippen molar-refractivity contribution in [3.63, 3.8) is 0 Å². The average Bonchev–Trinajstić information content (AvgIpc) is 3.07. The molecule has 0 radical (unpaired) electrons. The molecule has 3 nitrogen and oxygen atoms in total. The van der Waals surface area contributed by atoms with E-state index in [0.717, 1.165) is 12.8 Å². The van der Waals surface area contributed by atoms with Crippen molar-refractivity contribution in [2.75, 3.05) is 0 Å². The Bertz CT molecular complexity index is 335. The van der Waals surface area contributed by atoms with Gasteiger partial charge in [0, 0.05) is 5.92 Å². The van der Waals surface area contributed by atoms with Gasteiger partial charge < -0.3 is 9.47 Å². The number of ether oxygens (including phenoxy) is 2. The lowest BCUT2D eigenvalue weighted by atomic mass is 9.84. The number of ketones is 1. The van der Waals surface area contributed by atoms with Gasteiger partial charge >= 0.3 is 0 Å². The van der Waals surface area contributed by atoms with Crippen molar-refractivity contribution >= 4 is 5.78 Å². The average molecular weight is 252 g/mol. The quantitative estimate of drug-likeness (QED) is 0.558. The van der Waals surface area contributed by atoms with Gasteiger partial charge in [0.05, 0.1) is 18.3 Å². The van der Waals surface area contributed by atoms with Crippen molar-refractivity contribution < 1.29 is 14.3 Å². The molecule has 18 heavy (non-hydrogen) atoms. The Balaban J connectivity index is 2.08. The van der Waals surface area contributed by atoms with Crippen LogP contribution < -0.4 is 0 Å². The lowest BCUT2D eigenvalue weighted by Crippen LogP contribution is -2.43. The first-order chi connectivity index (χ1) is 8.54. The number of hydrogen-bond donors (Lipinski definition) is 0. The van der Waals surface area contributed by atoms with Crippen molar-refractivity contribution in [1.82, 2.24) is 0 Å². The third-order valence-electron chi connectivity index (χ3n) is 3.80. The summed E-state index contributed by atoms with van der Waals surface area (Å²) in [6, 6.07) is 0. The molecule has 5 atom stereocenters. The summed E-state index contributed by atoms with van der Waals surface area (Å²) < 4.78 is 12.0. The van der Waals surface area contributed by atoms with Crippen molar-refractivity contribution in [2.24, 2.45) is 11.8 Å². The molecular weight excluding hydrogens is 228 g/mol. The molecule has 0 N–H and O–H groups in total.